The first-order chi connectivity index (χ1) is 9.20. The number of hydrogen-bond acceptors (Lipinski definition) is 4. The first kappa shape index (κ1) is 12.9. The maximum Gasteiger partial charge on any atom is 0.260 e. The molecule has 0 aliphatic rings. The number of aromatic nitrogens is 1. The van der Waals surface area contributed by atoms with Gasteiger partial charge in [-0.2, -0.15) is 0 Å². The fraction of sp³-hybridized carbons (Fsp3) is 0.143. The molecule has 1 aromatic carbocycles. The third-order valence-electron chi connectivity index (χ3n) is 2.46. The number of ether oxygens (including phenoxy) is 1. The van der Waals surface area contributed by atoms with Crippen molar-refractivity contribution in [3.63, 3.8) is 0 Å². The number of benzene rings is 1. The van der Waals surface area contributed by atoms with E-state index in [0.717, 1.165) is 0 Å². The highest BCUT2D eigenvalue weighted by Gasteiger charge is 2.12. The summed E-state index contributed by atoms with van der Waals surface area (Å²) < 4.78 is 5.41. The van der Waals surface area contributed by atoms with Gasteiger partial charge in [-0.05, 0) is 31.2 Å². The van der Waals surface area contributed by atoms with Gasteiger partial charge in [-0.3, -0.25) is 4.79 Å². The summed E-state index contributed by atoms with van der Waals surface area (Å²) in [7, 11) is 0. The van der Waals surface area contributed by atoms with E-state index in [0.29, 0.717) is 29.4 Å². The maximum absolute atomic E-state index is 12.1. The first-order valence-corrected chi connectivity index (χ1v) is 5.95. The minimum Gasteiger partial charge on any atom is -0.493 e. The number of nitrogen functional groups attached to an aromatic ring is 1. The van der Waals surface area contributed by atoms with Gasteiger partial charge in [-0.1, -0.05) is 12.1 Å². The quantitative estimate of drug-likeness (QED) is 0.881. The van der Waals surface area contributed by atoms with Gasteiger partial charge < -0.3 is 15.8 Å². The Balaban J connectivity index is 2.18. The molecular formula is C14H15N3O2. The number of nitrogens with one attached hydrogen (secondary N) is 1. The standard InChI is InChI=1S/C14H15N3O2/c1-2-19-12-6-4-3-5-11(12)14(18)17-13-8-7-10(15)9-16-13/h3-9H,2,15H2,1H3,(H,16,17,18). The molecule has 1 heterocycles. The van der Waals surface area contributed by atoms with Crippen LogP contribution >= 0.6 is 0 Å². The molecule has 0 atom stereocenters. The van der Waals surface area contributed by atoms with Gasteiger partial charge in [-0.15, -0.1) is 0 Å². The van der Waals surface area contributed by atoms with Crippen molar-refractivity contribution in [3.8, 4) is 5.75 Å². The molecule has 2 aromatic rings. The Kier molecular flexibility index (Phi) is 3.97. The summed E-state index contributed by atoms with van der Waals surface area (Å²) in [6.07, 6.45) is 1.49. The second-order valence-corrected chi connectivity index (χ2v) is 3.86. The Hall–Kier alpha value is -2.56. The average molecular weight is 257 g/mol. The fourth-order valence-corrected chi connectivity index (χ4v) is 1.60. The molecule has 0 aliphatic heterocycles. The smallest absolute Gasteiger partial charge is 0.260 e. The zero-order chi connectivity index (χ0) is 13.7. The van der Waals surface area contributed by atoms with Gasteiger partial charge in [0.25, 0.3) is 5.91 Å². The van der Waals surface area contributed by atoms with Gasteiger partial charge in [0.1, 0.15) is 11.6 Å². The molecule has 0 fully saturated rings. The molecule has 0 bridgehead atoms. The van der Waals surface area contributed by atoms with Crippen LogP contribution in [0, 0.1) is 0 Å². The van der Waals surface area contributed by atoms with E-state index in [1.807, 2.05) is 13.0 Å². The third kappa shape index (κ3) is 3.22. The Labute approximate surface area is 111 Å². The normalized spacial score (nSPS) is 9.95. The summed E-state index contributed by atoms with van der Waals surface area (Å²) in [5.74, 6) is 0.741. The molecule has 1 aromatic heterocycles. The predicted octanol–water partition coefficient (Wildman–Crippen LogP) is 2.31. The van der Waals surface area contributed by atoms with E-state index in [9.17, 15) is 4.79 Å². The van der Waals surface area contributed by atoms with E-state index in [1.165, 1.54) is 6.20 Å². The molecule has 0 unspecified atom stereocenters. The van der Waals surface area contributed by atoms with E-state index in [2.05, 4.69) is 10.3 Å². The van der Waals surface area contributed by atoms with Crippen LogP contribution in [0.3, 0.4) is 0 Å². The number of hydrogen-bond donors (Lipinski definition) is 2. The number of rotatable bonds is 4. The number of nitrogens with zero attached hydrogens (tertiary/aromatic N) is 1. The van der Waals surface area contributed by atoms with Crippen molar-refractivity contribution in [2.75, 3.05) is 17.7 Å². The summed E-state index contributed by atoms with van der Waals surface area (Å²) in [6, 6.07) is 10.4. The van der Waals surface area contributed by atoms with Crippen molar-refractivity contribution < 1.29 is 9.53 Å². The molecule has 19 heavy (non-hydrogen) atoms. The largest absolute Gasteiger partial charge is 0.493 e. The zero-order valence-corrected chi connectivity index (χ0v) is 10.6. The number of pyridine rings is 1. The summed E-state index contributed by atoms with van der Waals surface area (Å²) >= 11 is 0. The van der Waals surface area contributed by atoms with Gasteiger partial charge in [0, 0.05) is 0 Å². The van der Waals surface area contributed by atoms with Gasteiger partial charge in [0.2, 0.25) is 0 Å². The molecule has 0 saturated carbocycles. The van der Waals surface area contributed by atoms with Crippen LogP contribution in [0.15, 0.2) is 42.6 Å². The summed E-state index contributed by atoms with van der Waals surface area (Å²) in [5.41, 5.74) is 6.56. The predicted molar refractivity (Wildman–Crippen MR) is 74.2 cm³/mol. The van der Waals surface area contributed by atoms with Crippen LogP contribution in [0.2, 0.25) is 0 Å². The molecule has 0 saturated heterocycles. The van der Waals surface area contributed by atoms with Crippen LogP contribution in [0.5, 0.6) is 5.75 Å². The first-order valence-electron chi connectivity index (χ1n) is 5.95. The van der Waals surface area contributed by atoms with Crippen LogP contribution in [0.4, 0.5) is 11.5 Å². The third-order valence-corrected chi connectivity index (χ3v) is 2.46. The van der Waals surface area contributed by atoms with Crippen LogP contribution in [-0.2, 0) is 0 Å². The van der Waals surface area contributed by atoms with Crippen LogP contribution in [0.1, 0.15) is 17.3 Å². The second kappa shape index (κ2) is 5.86. The summed E-state index contributed by atoms with van der Waals surface area (Å²) in [5, 5.41) is 2.70. The molecule has 5 heteroatoms. The van der Waals surface area contributed by atoms with Crippen molar-refractivity contribution in [1.29, 1.82) is 0 Å². The average Bonchev–Trinajstić information content (AvgIpc) is 2.42. The van der Waals surface area contributed by atoms with E-state index in [4.69, 9.17) is 10.5 Å². The van der Waals surface area contributed by atoms with Crippen LogP contribution < -0.4 is 15.8 Å². The fourth-order valence-electron chi connectivity index (χ4n) is 1.60. The molecular weight excluding hydrogens is 242 g/mol. The van der Waals surface area contributed by atoms with Gasteiger partial charge in [-0.25, -0.2) is 4.98 Å². The Bertz CT molecular complexity index is 567. The Morgan fingerprint density at radius 1 is 1.32 bits per heavy atom. The van der Waals surface area contributed by atoms with E-state index in [1.54, 1.807) is 30.3 Å². The highest BCUT2D eigenvalue weighted by Crippen LogP contribution is 2.19. The summed E-state index contributed by atoms with van der Waals surface area (Å²) in [4.78, 5) is 16.2. The SMILES string of the molecule is CCOc1ccccc1C(=O)Nc1ccc(N)cn1. The molecule has 2 rings (SSSR count). The number of para-hydroxylation sites is 1. The lowest BCUT2D eigenvalue weighted by molar-refractivity contribution is 0.102. The van der Waals surface area contributed by atoms with E-state index >= 15 is 0 Å². The Morgan fingerprint density at radius 2 is 2.11 bits per heavy atom. The second-order valence-electron chi connectivity index (χ2n) is 3.86. The van der Waals surface area contributed by atoms with E-state index in [-0.39, 0.29) is 5.91 Å². The topological polar surface area (TPSA) is 77.2 Å². The number of carbonyl (C=O) groups excluding carboxylic acids is 1. The minimum absolute atomic E-state index is 0.263. The molecule has 0 radical (unpaired) electrons. The number of amides is 1. The Morgan fingerprint density at radius 3 is 2.79 bits per heavy atom. The molecule has 1 amide bonds. The van der Waals surface area contributed by atoms with Gasteiger partial charge in [0.05, 0.1) is 24.1 Å². The van der Waals surface area contributed by atoms with Gasteiger partial charge >= 0.3 is 0 Å². The highest BCUT2D eigenvalue weighted by atomic mass is 16.5. The van der Waals surface area contributed by atoms with Crippen LogP contribution in [0.25, 0.3) is 0 Å². The van der Waals surface area contributed by atoms with E-state index < -0.39 is 0 Å². The lowest BCUT2D eigenvalue weighted by atomic mass is 10.2. The van der Waals surface area contributed by atoms with Gasteiger partial charge in [0.15, 0.2) is 0 Å². The summed E-state index contributed by atoms with van der Waals surface area (Å²) in [6.45, 7) is 2.38. The van der Waals surface area contributed by atoms with Crippen molar-refractivity contribution >= 4 is 17.4 Å². The van der Waals surface area contributed by atoms with Crippen molar-refractivity contribution in [2.45, 2.75) is 6.92 Å². The number of anilines is 2. The molecule has 0 aliphatic carbocycles. The highest BCUT2D eigenvalue weighted by molar-refractivity contribution is 6.05. The molecule has 98 valence electrons. The number of carbonyl (C=O) groups is 1. The van der Waals surface area contributed by atoms with Crippen molar-refractivity contribution in [1.82, 2.24) is 4.98 Å². The van der Waals surface area contributed by atoms with Crippen molar-refractivity contribution in [3.05, 3.63) is 48.2 Å². The molecule has 0 spiro atoms. The number of nitrogens with two attached hydrogens (primary N) is 1. The zero-order valence-electron chi connectivity index (χ0n) is 10.6. The molecule has 5 nitrogen and oxygen atoms in total. The van der Waals surface area contributed by atoms with Crippen LogP contribution in [-0.4, -0.2) is 17.5 Å². The maximum atomic E-state index is 12.1. The lowest BCUT2D eigenvalue weighted by Gasteiger charge is -2.10. The lowest BCUT2D eigenvalue weighted by Crippen LogP contribution is -2.14. The monoisotopic (exact) mass is 257 g/mol. The minimum atomic E-state index is -0.263. The molecule has 3 N–H and O–H groups in total. The van der Waals surface area contributed by atoms with Crippen molar-refractivity contribution in [2.24, 2.45) is 0 Å².